The molecule has 1 rings (SSSR count). The first-order valence-corrected chi connectivity index (χ1v) is 3.07. The maximum Gasteiger partial charge on any atom is 0.133 e. The van der Waals surface area contributed by atoms with Gasteiger partial charge in [-0.2, -0.15) is 0 Å². The van der Waals surface area contributed by atoms with Crippen molar-refractivity contribution in [3.63, 3.8) is 0 Å². The molecule has 0 N–H and O–H groups in total. The Balaban J connectivity index is 2.33. The van der Waals surface area contributed by atoms with Crippen LogP contribution in [-0.2, 0) is 0 Å². The Bertz CT molecular complexity index is 102. The van der Waals surface area contributed by atoms with E-state index in [0.717, 1.165) is 10.9 Å². The number of rotatable bonds is 0. The van der Waals surface area contributed by atoms with Crippen LogP contribution in [-0.4, -0.2) is 21.8 Å². The van der Waals surface area contributed by atoms with Gasteiger partial charge >= 0.3 is 0 Å². The van der Waals surface area contributed by atoms with Gasteiger partial charge < -0.3 is 4.90 Å². The largest absolute Gasteiger partial charge is 0.351 e. The first-order valence-electron chi connectivity index (χ1n) is 2.21. The third kappa shape index (κ3) is 1.07. The summed E-state index contributed by atoms with van der Waals surface area (Å²) < 4.78 is 0.729. The summed E-state index contributed by atoms with van der Waals surface area (Å²) in [6, 6.07) is 0.657. The first-order chi connectivity index (χ1) is 3.22. The van der Waals surface area contributed by atoms with Crippen molar-refractivity contribution in [3.8, 4) is 0 Å². The van der Waals surface area contributed by atoms with Gasteiger partial charge in [-0.05, 0) is 6.92 Å². The van der Waals surface area contributed by atoms with Crippen molar-refractivity contribution in [2.45, 2.75) is 13.0 Å². The Morgan fingerprint density at radius 1 is 2.00 bits per heavy atom. The summed E-state index contributed by atoms with van der Waals surface area (Å²) in [6.45, 7) is 3.23. The van der Waals surface area contributed by atoms with Gasteiger partial charge in [0.1, 0.15) is 4.32 Å². The molecule has 7 heavy (non-hydrogen) atoms. The molecule has 1 unspecified atom stereocenters. The standard InChI is InChI=1S/C4H7NS2/c1-3-2-5(3)4(6)7/h3H,2H2,1H3,(H,6,7). The molecule has 1 atom stereocenters. The Morgan fingerprint density at radius 2 is 2.43 bits per heavy atom. The fraction of sp³-hybridized carbons (Fsp3) is 0.750. The van der Waals surface area contributed by atoms with Crippen LogP contribution in [0.15, 0.2) is 0 Å². The van der Waals surface area contributed by atoms with Gasteiger partial charge in [-0.15, -0.1) is 12.6 Å². The van der Waals surface area contributed by atoms with E-state index in [2.05, 4.69) is 24.5 Å². The average molecular weight is 133 g/mol. The van der Waals surface area contributed by atoms with Crippen LogP contribution in [0.1, 0.15) is 6.92 Å². The molecule has 0 bridgehead atoms. The summed E-state index contributed by atoms with van der Waals surface area (Å²) in [5.41, 5.74) is 0. The second kappa shape index (κ2) is 1.63. The van der Waals surface area contributed by atoms with Crippen molar-refractivity contribution in [2.75, 3.05) is 6.54 Å². The normalized spacial score (nSPS) is 27.7. The highest BCUT2D eigenvalue weighted by atomic mass is 32.1. The van der Waals surface area contributed by atoms with Gasteiger partial charge in [0.15, 0.2) is 0 Å². The molecule has 0 aromatic rings. The molecule has 40 valence electrons. The van der Waals surface area contributed by atoms with Crippen molar-refractivity contribution in [2.24, 2.45) is 0 Å². The third-order valence-corrected chi connectivity index (χ3v) is 1.60. The maximum absolute atomic E-state index is 4.75. The zero-order valence-electron chi connectivity index (χ0n) is 4.09. The minimum Gasteiger partial charge on any atom is -0.351 e. The van der Waals surface area contributed by atoms with Crippen LogP contribution in [0.4, 0.5) is 0 Å². The van der Waals surface area contributed by atoms with Gasteiger partial charge in [0.05, 0.1) is 0 Å². The molecule has 3 heteroatoms. The molecule has 0 radical (unpaired) electrons. The smallest absolute Gasteiger partial charge is 0.133 e. The molecule has 0 spiro atoms. The minimum absolute atomic E-state index is 0.657. The van der Waals surface area contributed by atoms with E-state index < -0.39 is 0 Å². The zero-order valence-corrected chi connectivity index (χ0v) is 5.80. The Morgan fingerprint density at radius 3 is 2.43 bits per heavy atom. The maximum atomic E-state index is 4.75. The van der Waals surface area contributed by atoms with Crippen molar-refractivity contribution in [3.05, 3.63) is 0 Å². The van der Waals surface area contributed by atoms with Crippen molar-refractivity contribution < 1.29 is 0 Å². The molecule has 1 fully saturated rings. The SMILES string of the molecule is CC1CN1C(=S)S. The zero-order chi connectivity index (χ0) is 5.44. The number of nitrogens with zero attached hydrogens (tertiary/aromatic N) is 1. The average Bonchev–Trinajstić information content (AvgIpc) is 2.17. The molecule has 1 saturated heterocycles. The molecule has 1 nitrogen and oxygen atoms in total. The minimum atomic E-state index is 0.657. The molecule has 0 aromatic carbocycles. The van der Waals surface area contributed by atoms with Crippen LogP contribution in [0.2, 0.25) is 0 Å². The lowest BCUT2D eigenvalue weighted by atomic mass is 10.6. The lowest BCUT2D eigenvalue weighted by Crippen LogP contribution is -2.00. The molecule has 1 aliphatic heterocycles. The molecule has 0 aliphatic carbocycles. The van der Waals surface area contributed by atoms with Gasteiger partial charge in [-0.3, -0.25) is 0 Å². The quantitative estimate of drug-likeness (QED) is 0.297. The molecule has 1 aliphatic rings. The number of thiol groups is 1. The monoisotopic (exact) mass is 133 g/mol. The van der Waals surface area contributed by atoms with Crippen LogP contribution in [0.25, 0.3) is 0 Å². The van der Waals surface area contributed by atoms with E-state index in [1.807, 2.05) is 0 Å². The van der Waals surface area contributed by atoms with Crippen molar-refractivity contribution >= 4 is 29.2 Å². The highest BCUT2D eigenvalue weighted by molar-refractivity contribution is 8.11. The molecule has 0 amide bonds. The van der Waals surface area contributed by atoms with Crippen molar-refractivity contribution in [1.29, 1.82) is 0 Å². The van der Waals surface area contributed by atoms with Gasteiger partial charge in [0.25, 0.3) is 0 Å². The summed E-state index contributed by atoms with van der Waals surface area (Å²) in [7, 11) is 0. The first kappa shape index (κ1) is 5.38. The van der Waals surface area contributed by atoms with E-state index in [9.17, 15) is 0 Å². The van der Waals surface area contributed by atoms with Gasteiger partial charge in [-0.25, -0.2) is 0 Å². The third-order valence-electron chi connectivity index (χ3n) is 1.11. The van der Waals surface area contributed by atoms with Crippen molar-refractivity contribution in [1.82, 2.24) is 4.90 Å². The topological polar surface area (TPSA) is 3.01 Å². The van der Waals surface area contributed by atoms with E-state index in [1.165, 1.54) is 0 Å². The van der Waals surface area contributed by atoms with Gasteiger partial charge in [0.2, 0.25) is 0 Å². The highest BCUT2D eigenvalue weighted by Gasteiger charge is 2.29. The van der Waals surface area contributed by atoms with Crippen LogP contribution in [0.5, 0.6) is 0 Å². The number of thiocarbonyl (C=S) groups is 1. The summed E-state index contributed by atoms with van der Waals surface area (Å²) in [5.74, 6) is 0. The Labute approximate surface area is 54.1 Å². The Kier molecular flexibility index (Phi) is 1.26. The predicted molar refractivity (Wildman–Crippen MR) is 37.8 cm³/mol. The fourth-order valence-electron chi connectivity index (χ4n) is 0.504. The highest BCUT2D eigenvalue weighted by Crippen LogP contribution is 2.17. The summed E-state index contributed by atoms with van der Waals surface area (Å²) in [5, 5.41) is 0. The van der Waals surface area contributed by atoms with Crippen LogP contribution >= 0.6 is 24.8 Å². The Hall–Kier alpha value is 0.240. The van der Waals surface area contributed by atoms with Crippen LogP contribution in [0.3, 0.4) is 0 Å². The summed E-state index contributed by atoms with van der Waals surface area (Å²) in [6.07, 6.45) is 0. The second-order valence-corrected chi connectivity index (χ2v) is 2.90. The molecule has 1 heterocycles. The predicted octanol–water partition coefficient (Wildman–Crippen LogP) is 0.905. The lowest BCUT2D eigenvalue weighted by molar-refractivity contribution is 0.794. The van der Waals surface area contributed by atoms with E-state index in [4.69, 9.17) is 12.2 Å². The van der Waals surface area contributed by atoms with E-state index in [-0.39, 0.29) is 0 Å². The molecular weight excluding hydrogens is 126 g/mol. The molecule has 0 aromatic heterocycles. The van der Waals surface area contributed by atoms with E-state index in [0.29, 0.717) is 6.04 Å². The lowest BCUT2D eigenvalue weighted by Gasteiger charge is -1.92. The van der Waals surface area contributed by atoms with Crippen LogP contribution in [0, 0.1) is 0 Å². The van der Waals surface area contributed by atoms with Gasteiger partial charge in [-0.1, -0.05) is 12.2 Å². The van der Waals surface area contributed by atoms with E-state index in [1.54, 1.807) is 0 Å². The summed E-state index contributed by atoms with van der Waals surface area (Å²) >= 11 is 8.72. The summed E-state index contributed by atoms with van der Waals surface area (Å²) in [4.78, 5) is 2.05. The van der Waals surface area contributed by atoms with Crippen LogP contribution < -0.4 is 0 Å². The molecular formula is C4H7NS2. The number of hydrogen-bond donors (Lipinski definition) is 1. The molecule has 0 saturated carbocycles. The number of hydrogen-bond acceptors (Lipinski definition) is 1. The second-order valence-electron chi connectivity index (χ2n) is 1.78. The van der Waals surface area contributed by atoms with Gasteiger partial charge in [0, 0.05) is 12.6 Å². The van der Waals surface area contributed by atoms with E-state index >= 15 is 0 Å². The fourth-order valence-corrected chi connectivity index (χ4v) is 1.04.